The molecule has 0 aliphatic carbocycles. The number of rotatable bonds is 9. The highest BCUT2D eigenvalue weighted by molar-refractivity contribution is 7.91. The fourth-order valence-electron chi connectivity index (χ4n) is 2.96. The summed E-state index contributed by atoms with van der Waals surface area (Å²) in [6.45, 7) is 0. The number of hydrogen-bond donors (Lipinski definition) is 4. The number of amides is 1. The van der Waals surface area contributed by atoms with Crippen molar-refractivity contribution in [1.82, 2.24) is 0 Å². The Hall–Kier alpha value is -2.85. The van der Waals surface area contributed by atoms with E-state index < -0.39 is 27.8 Å². The van der Waals surface area contributed by atoms with Gasteiger partial charge in [-0.25, -0.2) is 8.42 Å². The molecule has 1 atom stereocenters. The van der Waals surface area contributed by atoms with E-state index >= 15 is 0 Å². The second kappa shape index (κ2) is 11.9. The number of benzene rings is 3. The normalized spacial score (nSPS) is 11.7. The van der Waals surface area contributed by atoms with E-state index in [1.54, 1.807) is 60.7 Å². The van der Waals surface area contributed by atoms with Crippen molar-refractivity contribution in [1.29, 1.82) is 0 Å². The van der Waals surface area contributed by atoms with Gasteiger partial charge in [-0.2, -0.15) is 12.6 Å². The maximum atomic E-state index is 13.2. The number of carbonyl (C=O) groups is 2. The van der Waals surface area contributed by atoms with Crippen LogP contribution in [0.1, 0.15) is 21.5 Å². The van der Waals surface area contributed by atoms with Crippen molar-refractivity contribution in [3.63, 3.8) is 0 Å². The molecule has 0 spiro atoms. The van der Waals surface area contributed by atoms with Crippen LogP contribution in [0.3, 0.4) is 0 Å². The molecule has 3 rings (SSSR count). The van der Waals surface area contributed by atoms with Crippen LogP contribution in [0, 0.1) is 0 Å². The first-order valence-electron chi connectivity index (χ1n) is 9.74. The number of hydrogen-bond acceptors (Lipinski definition) is 6. The fraction of sp³-hybridized carbons (Fsp3) is 0.130. The van der Waals surface area contributed by atoms with Crippen LogP contribution in [0.4, 0.5) is 11.4 Å². The lowest BCUT2D eigenvalue weighted by Gasteiger charge is -2.15. The van der Waals surface area contributed by atoms with Crippen molar-refractivity contribution >= 4 is 58.1 Å². The number of halogens is 1. The van der Waals surface area contributed by atoms with E-state index in [2.05, 4.69) is 22.7 Å². The second-order valence-corrected chi connectivity index (χ2v) is 9.17. The Morgan fingerprint density at radius 1 is 0.939 bits per heavy atom. The van der Waals surface area contributed by atoms with Crippen LogP contribution in [0.5, 0.6) is 0 Å². The van der Waals surface area contributed by atoms with Crippen molar-refractivity contribution in [2.24, 2.45) is 5.73 Å². The van der Waals surface area contributed by atoms with Crippen molar-refractivity contribution in [3.05, 3.63) is 95.6 Å². The van der Waals surface area contributed by atoms with Gasteiger partial charge in [-0.05, 0) is 23.8 Å². The molecule has 0 saturated carbocycles. The molecule has 0 aromatic heterocycles. The van der Waals surface area contributed by atoms with Crippen molar-refractivity contribution in [3.8, 4) is 0 Å². The molecule has 0 fully saturated rings. The Labute approximate surface area is 204 Å². The number of sulfonamides is 1. The summed E-state index contributed by atoms with van der Waals surface area (Å²) in [6.07, 6.45) is 0. The molecule has 33 heavy (non-hydrogen) atoms. The SMILES string of the molecule is Cl.N[C@@H](CS)C(=O)Nc1ccc(NS(=O)(=O)Cc2ccccc2)c(C(=O)c2ccccc2)c1. The molecule has 1 amide bonds. The molecule has 0 saturated heterocycles. The van der Waals surface area contributed by atoms with Crippen LogP contribution in [0.25, 0.3) is 0 Å². The van der Waals surface area contributed by atoms with Gasteiger partial charge in [-0.15, -0.1) is 12.4 Å². The van der Waals surface area contributed by atoms with Crippen LogP contribution in [0.15, 0.2) is 78.9 Å². The second-order valence-electron chi connectivity index (χ2n) is 7.08. The molecule has 7 nitrogen and oxygen atoms in total. The fourth-order valence-corrected chi connectivity index (χ4v) is 4.34. The summed E-state index contributed by atoms with van der Waals surface area (Å²) in [5, 5.41) is 2.63. The van der Waals surface area contributed by atoms with Crippen LogP contribution in [0.2, 0.25) is 0 Å². The van der Waals surface area contributed by atoms with Gasteiger partial charge >= 0.3 is 0 Å². The van der Waals surface area contributed by atoms with Crippen LogP contribution < -0.4 is 15.8 Å². The van der Waals surface area contributed by atoms with E-state index in [9.17, 15) is 18.0 Å². The van der Waals surface area contributed by atoms with E-state index in [4.69, 9.17) is 5.73 Å². The highest BCUT2D eigenvalue weighted by atomic mass is 35.5. The Morgan fingerprint density at radius 2 is 1.55 bits per heavy atom. The molecular formula is C23H24ClN3O4S2. The molecule has 0 aliphatic heterocycles. The van der Waals surface area contributed by atoms with Crippen LogP contribution in [-0.2, 0) is 20.6 Å². The Balaban J connectivity index is 0.00000385. The first kappa shape index (κ1) is 26.4. The maximum Gasteiger partial charge on any atom is 0.242 e. The quantitative estimate of drug-likeness (QED) is 0.262. The molecule has 3 aromatic carbocycles. The lowest BCUT2D eigenvalue weighted by molar-refractivity contribution is -0.116. The van der Waals surface area contributed by atoms with Gasteiger partial charge in [0, 0.05) is 22.6 Å². The standard InChI is InChI=1S/C23H23N3O4S2.ClH/c24-20(14-31)23(28)25-18-11-12-21(19(13-18)22(27)17-9-5-2-6-10-17)26-32(29,30)15-16-7-3-1-4-8-16;/h1-13,20,26,31H,14-15,24H2,(H,25,28);1H/t20-;/m0./s1. The molecule has 174 valence electrons. The zero-order chi connectivity index (χ0) is 23.1. The van der Waals surface area contributed by atoms with Gasteiger partial charge in [0.25, 0.3) is 0 Å². The predicted molar refractivity (Wildman–Crippen MR) is 137 cm³/mol. The summed E-state index contributed by atoms with van der Waals surface area (Å²) in [5.41, 5.74) is 7.22. The Kier molecular flexibility index (Phi) is 9.48. The average Bonchev–Trinajstić information content (AvgIpc) is 2.79. The molecule has 0 bridgehead atoms. The molecule has 0 aliphatic rings. The van der Waals surface area contributed by atoms with Gasteiger partial charge < -0.3 is 11.1 Å². The molecule has 4 N–H and O–H groups in total. The number of thiol groups is 1. The molecule has 3 aromatic rings. The predicted octanol–water partition coefficient (Wildman–Crippen LogP) is 3.48. The average molecular weight is 506 g/mol. The zero-order valence-electron chi connectivity index (χ0n) is 17.5. The van der Waals surface area contributed by atoms with Gasteiger partial charge in [0.2, 0.25) is 15.9 Å². The minimum atomic E-state index is -3.80. The van der Waals surface area contributed by atoms with Crippen LogP contribution >= 0.6 is 25.0 Å². The monoisotopic (exact) mass is 505 g/mol. The van der Waals surface area contributed by atoms with Gasteiger partial charge in [0.15, 0.2) is 5.78 Å². The first-order valence-corrected chi connectivity index (χ1v) is 12.0. The molecular weight excluding hydrogens is 482 g/mol. The summed E-state index contributed by atoms with van der Waals surface area (Å²) < 4.78 is 28.0. The zero-order valence-corrected chi connectivity index (χ0v) is 20.0. The van der Waals surface area contributed by atoms with E-state index in [0.717, 1.165) is 0 Å². The maximum absolute atomic E-state index is 13.2. The largest absolute Gasteiger partial charge is 0.325 e. The van der Waals surface area contributed by atoms with E-state index in [1.165, 1.54) is 18.2 Å². The Bertz CT molecular complexity index is 1210. The number of nitrogens with two attached hydrogens (primary N) is 1. The topological polar surface area (TPSA) is 118 Å². The number of ketones is 1. The first-order chi connectivity index (χ1) is 15.3. The third-order valence-electron chi connectivity index (χ3n) is 4.57. The third-order valence-corrected chi connectivity index (χ3v) is 6.20. The van der Waals surface area contributed by atoms with E-state index in [-0.39, 0.29) is 35.2 Å². The lowest BCUT2D eigenvalue weighted by Crippen LogP contribution is -2.37. The smallest absolute Gasteiger partial charge is 0.242 e. The summed E-state index contributed by atoms with van der Waals surface area (Å²) in [6, 6.07) is 20.7. The van der Waals surface area contributed by atoms with Crippen molar-refractivity contribution in [2.45, 2.75) is 11.8 Å². The van der Waals surface area contributed by atoms with Crippen LogP contribution in [-0.4, -0.2) is 31.9 Å². The minimum absolute atomic E-state index is 0. The van der Waals surface area contributed by atoms with Gasteiger partial charge in [0.1, 0.15) is 0 Å². The van der Waals surface area contributed by atoms with Crippen molar-refractivity contribution < 1.29 is 18.0 Å². The summed E-state index contributed by atoms with van der Waals surface area (Å²) >= 11 is 4.01. The number of anilines is 2. The summed E-state index contributed by atoms with van der Waals surface area (Å²) in [4.78, 5) is 25.3. The molecule has 10 heteroatoms. The highest BCUT2D eigenvalue weighted by Gasteiger charge is 2.20. The minimum Gasteiger partial charge on any atom is -0.325 e. The van der Waals surface area contributed by atoms with Crippen molar-refractivity contribution in [2.75, 3.05) is 15.8 Å². The summed E-state index contributed by atoms with van der Waals surface area (Å²) in [7, 11) is -3.80. The van der Waals surface area contributed by atoms with Gasteiger partial charge in [-0.3, -0.25) is 14.3 Å². The van der Waals surface area contributed by atoms with Gasteiger partial charge in [-0.1, -0.05) is 60.7 Å². The number of carbonyl (C=O) groups excluding carboxylic acids is 2. The molecule has 0 heterocycles. The van der Waals surface area contributed by atoms with E-state index in [1.807, 2.05) is 0 Å². The Morgan fingerprint density at radius 3 is 2.15 bits per heavy atom. The third kappa shape index (κ3) is 7.33. The highest BCUT2D eigenvalue weighted by Crippen LogP contribution is 2.25. The van der Waals surface area contributed by atoms with Gasteiger partial charge in [0.05, 0.1) is 17.5 Å². The lowest BCUT2D eigenvalue weighted by atomic mass is 10.0. The molecule has 0 radical (unpaired) electrons. The van der Waals surface area contributed by atoms with E-state index in [0.29, 0.717) is 16.8 Å². The number of nitrogens with one attached hydrogen (secondary N) is 2. The summed E-state index contributed by atoms with van der Waals surface area (Å²) in [5.74, 6) is -0.950. The molecule has 0 unspecified atom stereocenters.